The van der Waals surface area contributed by atoms with Crippen LogP contribution in [0.1, 0.15) is 18.1 Å². The lowest BCUT2D eigenvalue weighted by Gasteiger charge is -2.15. The molecule has 0 radical (unpaired) electrons. The van der Waals surface area contributed by atoms with E-state index in [0.29, 0.717) is 11.5 Å². The van der Waals surface area contributed by atoms with Gasteiger partial charge in [0.25, 0.3) is 5.91 Å². The zero-order valence-corrected chi connectivity index (χ0v) is 15.4. The average Bonchev–Trinajstić information content (AvgIpc) is 2.70. The summed E-state index contributed by atoms with van der Waals surface area (Å²) < 4.78 is 10.9. The second-order valence-corrected chi connectivity index (χ2v) is 6.16. The first kappa shape index (κ1) is 18.5. The largest absolute Gasteiger partial charge is 0.497 e. The molecule has 0 fully saturated rings. The lowest BCUT2D eigenvalue weighted by Crippen LogP contribution is -2.30. The number of nitrogens with one attached hydrogen (secondary N) is 1. The molecule has 0 saturated heterocycles. The molecule has 0 aliphatic carbocycles. The molecular formula is C22H22N2O3. The van der Waals surface area contributed by atoms with Gasteiger partial charge in [-0.05, 0) is 60.9 Å². The molecule has 2 aromatic carbocycles. The van der Waals surface area contributed by atoms with Crippen LogP contribution in [0.2, 0.25) is 0 Å². The molecule has 3 aromatic rings. The zero-order chi connectivity index (χ0) is 19.1. The minimum Gasteiger partial charge on any atom is -0.497 e. The Kier molecular flexibility index (Phi) is 6.05. The molecule has 1 N–H and O–H groups in total. The van der Waals surface area contributed by atoms with Crippen molar-refractivity contribution in [2.75, 3.05) is 12.4 Å². The van der Waals surface area contributed by atoms with Gasteiger partial charge in [0.2, 0.25) is 0 Å². The standard InChI is InChI=1S/C22H22N2O3/c1-16(27-21-5-3-4-20(15-21)26-2)22(25)24-19-8-6-17(7-9-19)14-18-10-12-23-13-11-18/h3-13,15-16H,14H2,1-2H3,(H,24,25)/t16-/m1/s1. The summed E-state index contributed by atoms with van der Waals surface area (Å²) in [6.45, 7) is 1.71. The molecule has 5 nitrogen and oxygen atoms in total. The fraction of sp³-hybridized carbons (Fsp3) is 0.182. The number of hydrogen-bond donors (Lipinski definition) is 1. The SMILES string of the molecule is COc1cccc(O[C@H](C)C(=O)Nc2ccc(Cc3ccncc3)cc2)c1. The third kappa shape index (κ3) is 5.31. The number of nitrogens with zero attached hydrogens (tertiary/aromatic N) is 1. The smallest absolute Gasteiger partial charge is 0.265 e. The summed E-state index contributed by atoms with van der Waals surface area (Å²) in [6.07, 6.45) is 3.77. The molecule has 5 heteroatoms. The minimum absolute atomic E-state index is 0.209. The van der Waals surface area contributed by atoms with E-state index in [1.807, 2.05) is 48.5 Å². The molecule has 0 unspecified atom stereocenters. The maximum atomic E-state index is 12.4. The van der Waals surface area contributed by atoms with Gasteiger partial charge in [0, 0.05) is 24.1 Å². The van der Waals surface area contributed by atoms with Crippen molar-refractivity contribution < 1.29 is 14.3 Å². The van der Waals surface area contributed by atoms with Crippen molar-refractivity contribution in [3.05, 3.63) is 84.2 Å². The van der Waals surface area contributed by atoms with Crippen LogP contribution in [0.25, 0.3) is 0 Å². The molecule has 0 aliphatic heterocycles. The van der Waals surface area contributed by atoms with E-state index in [1.165, 1.54) is 11.1 Å². The Labute approximate surface area is 159 Å². The van der Waals surface area contributed by atoms with E-state index < -0.39 is 6.10 Å². The Balaban J connectivity index is 1.56. The second-order valence-electron chi connectivity index (χ2n) is 6.16. The summed E-state index contributed by atoms with van der Waals surface area (Å²) in [6, 6.07) is 19.0. The summed E-state index contributed by atoms with van der Waals surface area (Å²) in [7, 11) is 1.59. The fourth-order valence-electron chi connectivity index (χ4n) is 2.62. The van der Waals surface area contributed by atoms with E-state index in [-0.39, 0.29) is 5.91 Å². The van der Waals surface area contributed by atoms with Crippen LogP contribution < -0.4 is 14.8 Å². The van der Waals surface area contributed by atoms with Crippen molar-refractivity contribution in [3.8, 4) is 11.5 Å². The Morgan fingerprint density at radius 1 is 1.00 bits per heavy atom. The predicted molar refractivity (Wildman–Crippen MR) is 105 cm³/mol. The van der Waals surface area contributed by atoms with E-state index >= 15 is 0 Å². The number of pyridine rings is 1. The first-order chi connectivity index (χ1) is 13.1. The van der Waals surface area contributed by atoms with Gasteiger partial charge in [-0.2, -0.15) is 0 Å². The van der Waals surface area contributed by atoms with Gasteiger partial charge < -0.3 is 14.8 Å². The van der Waals surface area contributed by atoms with Crippen LogP contribution in [0.3, 0.4) is 0 Å². The lowest BCUT2D eigenvalue weighted by molar-refractivity contribution is -0.122. The number of benzene rings is 2. The number of carbonyl (C=O) groups is 1. The van der Waals surface area contributed by atoms with Crippen LogP contribution in [0.4, 0.5) is 5.69 Å². The van der Waals surface area contributed by atoms with Gasteiger partial charge >= 0.3 is 0 Å². The number of hydrogen-bond acceptors (Lipinski definition) is 4. The molecule has 27 heavy (non-hydrogen) atoms. The van der Waals surface area contributed by atoms with E-state index in [4.69, 9.17) is 9.47 Å². The molecule has 1 aromatic heterocycles. The lowest BCUT2D eigenvalue weighted by atomic mass is 10.1. The van der Waals surface area contributed by atoms with Gasteiger partial charge in [-0.3, -0.25) is 9.78 Å². The van der Waals surface area contributed by atoms with Crippen molar-refractivity contribution in [3.63, 3.8) is 0 Å². The maximum Gasteiger partial charge on any atom is 0.265 e. The highest BCUT2D eigenvalue weighted by atomic mass is 16.5. The molecule has 1 atom stereocenters. The monoisotopic (exact) mass is 362 g/mol. The first-order valence-corrected chi connectivity index (χ1v) is 8.73. The van der Waals surface area contributed by atoms with Gasteiger partial charge in [-0.15, -0.1) is 0 Å². The maximum absolute atomic E-state index is 12.4. The summed E-state index contributed by atoms with van der Waals surface area (Å²) in [5.41, 5.74) is 3.10. The summed E-state index contributed by atoms with van der Waals surface area (Å²) in [4.78, 5) is 16.4. The highest BCUT2D eigenvalue weighted by molar-refractivity contribution is 5.94. The number of rotatable bonds is 7. The van der Waals surface area contributed by atoms with E-state index in [1.54, 1.807) is 38.6 Å². The number of carbonyl (C=O) groups excluding carboxylic acids is 1. The number of aromatic nitrogens is 1. The molecule has 3 rings (SSSR count). The number of amides is 1. The fourth-order valence-corrected chi connectivity index (χ4v) is 2.62. The van der Waals surface area contributed by atoms with Crippen molar-refractivity contribution in [2.24, 2.45) is 0 Å². The van der Waals surface area contributed by atoms with E-state index in [2.05, 4.69) is 10.3 Å². The van der Waals surface area contributed by atoms with Gasteiger partial charge in [0.1, 0.15) is 11.5 Å². The Morgan fingerprint density at radius 2 is 1.67 bits per heavy atom. The van der Waals surface area contributed by atoms with E-state index in [9.17, 15) is 4.79 Å². The Morgan fingerprint density at radius 3 is 2.37 bits per heavy atom. The zero-order valence-electron chi connectivity index (χ0n) is 15.4. The third-order valence-corrected chi connectivity index (χ3v) is 4.10. The molecule has 0 saturated carbocycles. The van der Waals surface area contributed by atoms with Crippen LogP contribution in [-0.4, -0.2) is 24.1 Å². The highest BCUT2D eigenvalue weighted by Crippen LogP contribution is 2.20. The molecular weight excluding hydrogens is 340 g/mol. The van der Waals surface area contributed by atoms with Crippen LogP contribution in [-0.2, 0) is 11.2 Å². The normalized spacial score (nSPS) is 11.5. The van der Waals surface area contributed by atoms with Crippen molar-refractivity contribution in [1.29, 1.82) is 0 Å². The summed E-state index contributed by atoms with van der Waals surface area (Å²) in [5.74, 6) is 1.06. The summed E-state index contributed by atoms with van der Waals surface area (Å²) in [5, 5.41) is 2.88. The number of ether oxygens (including phenoxy) is 2. The molecule has 0 spiro atoms. The first-order valence-electron chi connectivity index (χ1n) is 8.73. The average molecular weight is 362 g/mol. The van der Waals surface area contributed by atoms with Gasteiger partial charge in [-0.25, -0.2) is 0 Å². The molecule has 138 valence electrons. The van der Waals surface area contributed by atoms with Crippen LogP contribution in [0.5, 0.6) is 11.5 Å². The summed E-state index contributed by atoms with van der Waals surface area (Å²) >= 11 is 0. The van der Waals surface area contributed by atoms with Crippen LogP contribution in [0, 0.1) is 0 Å². The third-order valence-electron chi connectivity index (χ3n) is 4.10. The molecule has 1 heterocycles. The molecule has 0 bridgehead atoms. The predicted octanol–water partition coefficient (Wildman–Crippen LogP) is 4.09. The topological polar surface area (TPSA) is 60.5 Å². The molecule has 1 amide bonds. The Hall–Kier alpha value is -3.34. The minimum atomic E-state index is -0.631. The molecule has 0 aliphatic rings. The number of methoxy groups -OCH3 is 1. The van der Waals surface area contributed by atoms with Crippen molar-refractivity contribution in [2.45, 2.75) is 19.4 Å². The van der Waals surface area contributed by atoms with Crippen LogP contribution >= 0.6 is 0 Å². The quantitative estimate of drug-likeness (QED) is 0.688. The van der Waals surface area contributed by atoms with Gasteiger partial charge in [0.15, 0.2) is 6.10 Å². The van der Waals surface area contributed by atoms with Gasteiger partial charge in [-0.1, -0.05) is 18.2 Å². The second kappa shape index (κ2) is 8.85. The van der Waals surface area contributed by atoms with Crippen molar-refractivity contribution >= 4 is 11.6 Å². The van der Waals surface area contributed by atoms with E-state index in [0.717, 1.165) is 12.1 Å². The highest BCUT2D eigenvalue weighted by Gasteiger charge is 2.15. The number of anilines is 1. The van der Waals surface area contributed by atoms with Crippen molar-refractivity contribution in [1.82, 2.24) is 4.98 Å². The van der Waals surface area contributed by atoms with Gasteiger partial charge in [0.05, 0.1) is 7.11 Å². The van der Waals surface area contributed by atoms with Crippen LogP contribution in [0.15, 0.2) is 73.1 Å². The Bertz CT molecular complexity index is 880.